The minimum absolute atomic E-state index is 0.160. The van der Waals surface area contributed by atoms with E-state index in [4.69, 9.17) is 0 Å². The zero-order chi connectivity index (χ0) is 15.3. The number of nitrogens with one attached hydrogen (secondary N) is 2. The molecular formula is C16H25N3O2. The lowest BCUT2D eigenvalue weighted by molar-refractivity contribution is -0.383. The van der Waals surface area contributed by atoms with Gasteiger partial charge in [0.2, 0.25) is 0 Å². The number of hydrogen-bond donors (Lipinski definition) is 2. The maximum absolute atomic E-state index is 11.4. The number of nitro benzene ring substituents is 1. The Labute approximate surface area is 126 Å². The molecular weight excluding hydrogens is 266 g/mol. The van der Waals surface area contributed by atoms with E-state index in [1.807, 2.05) is 13.0 Å². The Balaban J connectivity index is 2.15. The average Bonchev–Trinajstić information content (AvgIpc) is 2.90. The van der Waals surface area contributed by atoms with Crippen LogP contribution in [0.1, 0.15) is 46.0 Å². The number of anilines is 2. The highest BCUT2D eigenvalue weighted by atomic mass is 16.6. The summed E-state index contributed by atoms with van der Waals surface area (Å²) in [4.78, 5) is 11.1. The predicted molar refractivity (Wildman–Crippen MR) is 86.9 cm³/mol. The third-order valence-electron chi connectivity index (χ3n) is 4.30. The summed E-state index contributed by atoms with van der Waals surface area (Å²) in [5.74, 6) is 0. The molecule has 0 atom stereocenters. The molecule has 116 valence electrons. The van der Waals surface area contributed by atoms with E-state index in [1.165, 1.54) is 25.7 Å². The average molecular weight is 291 g/mol. The quantitative estimate of drug-likeness (QED) is 0.577. The first-order chi connectivity index (χ1) is 10.1. The van der Waals surface area contributed by atoms with Crippen molar-refractivity contribution in [2.45, 2.75) is 46.0 Å². The number of nitro groups is 1. The van der Waals surface area contributed by atoms with E-state index < -0.39 is 0 Å². The number of benzene rings is 1. The summed E-state index contributed by atoms with van der Waals surface area (Å²) in [6.07, 6.45) is 5.85. The molecule has 0 heterocycles. The van der Waals surface area contributed by atoms with Gasteiger partial charge in [0.25, 0.3) is 0 Å². The van der Waals surface area contributed by atoms with Crippen LogP contribution in [0.2, 0.25) is 0 Å². The lowest BCUT2D eigenvalue weighted by Crippen LogP contribution is -2.23. The van der Waals surface area contributed by atoms with Crippen LogP contribution in [0.4, 0.5) is 17.1 Å². The molecule has 0 aromatic heterocycles. The minimum Gasteiger partial charge on any atom is -0.379 e. The summed E-state index contributed by atoms with van der Waals surface area (Å²) in [5.41, 5.74) is 1.64. The van der Waals surface area contributed by atoms with Gasteiger partial charge in [0, 0.05) is 13.1 Å². The molecule has 0 aliphatic heterocycles. The second-order valence-electron chi connectivity index (χ2n) is 6.26. The Hall–Kier alpha value is -1.78. The molecule has 0 radical (unpaired) electrons. The highest BCUT2D eigenvalue weighted by Crippen LogP contribution is 2.39. The Bertz CT molecular complexity index is 496. The topological polar surface area (TPSA) is 67.2 Å². The zero-order valence-electron chi connectivity index (χ0n) is 12.9. The molecule has 2 N–H and O–H groups in total. The molecule has 1 aromatic carbocycles. The van der Waals surface area contributed by atoms with E-state index in [0.29, 0.717) is 11.4 Å². The van der Waals surface area contributed by atoms with Gasteiger partial charge in [0.05, 0.1) is 4.92 Å². The van der Waals surface area contributed by atoms with Gasteiger partial charge in [-0.1, -0.05) is 32.8 Å². The van der Waals surface area contributed by atoms with Crippen molar-refractivity contribution in [3.05, 3.63) is 28.3 Å². The number of rotatable bonds is 7. The van der Waals surface area contributed by atoms with Crippen LogP contribution < -0.4 is 10.6 Å². The molecule has 0 spiro atoms. The minimum atomic E-state index is -0.294. The van der Waals surface area contributed by atoms with Crippen molar-refractivity contribution in [2.75, 3.05) is 23.7 Å². The Morgan fingerprint density at radius 1 is 1.24 bits per heavy atom. The maximum atomic E-state index is 11.4. The zero-order valence-corrected chi connectivity index (χ0v) is 12.9. The molecule has 21 heavy (non-hydrogen) atoms. The highest BCUT2D eigenvalue weighted by Gasteiger charge is 2.29. The van der Waals surface area contributed by atoms with Crippen LogP contribution >= 0.6 is 0 Å². The van der Waals surface area contributed by atoms with Gasteiger partial charge < -0.3 is 10.6 Å². The van der Waals surface area contributed by atoms with Crippen molar-refractivity contribution in [3.63, 3.8) is 0 Å². The largest absolute Gasteiger partial charge is 0.379 e. The van der Waals surface area contributed by atoms with Gasteiger partial charge in [-0.25, -0.2) is 0 Å². The van der Waals surface area contributed by atoms with Gasteiger partial charge in [-0.05, 0) is 36.8 Å². The van der Waals surface area contributed by atoms with E-state index in [-0.39, 0.29) is 16.0 Å². The molecule has 1 fully saturated rings. The third-order valence-corrected chi connectivity index (χ3v) is 4.30. The predicted octanol–water partition coefficient (Wildman–Crippen LogP) is 4.41. The molecule has 0 bridgehead atoms. The van der Waals surface area contributed by atoms with E-state index in [1.54, 1.807) is 12.1 Å². The lowest BCUT2D eigenvalue weighted by Gasteiger charge is -2.24. The van der Waals surface area contributed by atoms with Crippen molar-refractivity contribution in [1.82, 2.24) is 0 Å². The van der Waals surface area contributed by atoms with Crippen LogP contribution in [-0.4, -0.2) is 18.0 Å². The van der Waals surface area contributed by atoms with E-state index >= 15 is 0 Å². The molecule has 1 aromatic rings. The lowest BCUT2D eigenvalue weighted by atomic mass is 9.89. The normalized spacial score (nSPS) is 16.7. The SMILES string of the molecule is CCCNc1cccc(NCC2(C)CCCC2)c1[N+](=O)[O-]. The second kappa shape index (κ2) is 6.78. The summed E-state index contributed by atoms with van der Waals surface area (Å²) in [6, 6.07) is 5.44. The van der Waals surface area contributed by atoms with E-state index in [0.717, 1.165) is 19.5 Å². The maximum Gasteiger partial charge on any atom is 0.315 e. The summed E-state index contributed by atoms with van der Waals surface area (Å²) in [5, 5.41) is 17.9. The molecule has 0 amide bonds. The van der Waals surface area contributed by atoms with Crippen molar-refractivity contribution in [1.29, 1.82) is 0 Å². The fraction of sp³-hybridized carbons (Fsp3) is 0.625. The fourth-order valence-electron chi connectivity index (χ4n) is 3.00. The summed E-state index contributed by atoms with van der Waals surface area (Å²) in [7, 11) is 0. The summed E-state index contributed by atoms with van der Waals surface area (Å²) >= 11 is 0. The van der Waals surface area contributed by atoms with E-state index in [9.17, 15) is 10.1 Å². The van der Waals surface area contributed by atoms with Crippen LogP contribution in [0, 0.1) is 15.5 Å². The first-order valence-electron chi connectivity index (χ1n) is 7.81. The van der Waals surface area contributed by atoms with Gasteiger partial charge in [-0.15, -0.1) is 0 Å². The highest BCUT2D eigenvalue weighted by molar-refractivity contribution is 5.76. The summed E-state index contributed by atoms with van der Waals surface area (Å²) in [6.45, 7) is 5.84. The number of nitrogens with zero attached hydrogens (tertiary/aromatic N) is 1. The Morgan fingerprint density at radius 3 is 2.43 bits per heavy atom. The van der Waals surface area contributed by atoms with Crippen LogP contribution in [-0.2, 0) is 0 Å². The molecule has 5 nitrogen and oxygen atoms in total. The van der Waals surface area contributed by atoms with Crippen molar-refractivity contribution in [2.24, 2.45) is 5.41 Å². The molecule has 1 saturated carbocycles. The van der Waals surface area contributed by atoms with Crippen LogP contribution in [0.25, 0.3) is 0 Å². The number of hydrogen-bond acceptors (Lipinski definition) is 4. The monoisotopic (exact) mass is 291 g/mol. The van der Waals surface area contributed by atoms with Gasteiger partial charge >= 0.3 is 5.69 Å². The summed E-state index contributed by atoms with van der Waals surface area (Å²) < 4.78 is 0. The fourth-order valence-corrected chi connectivity index (χ4v) is 3.00. The molecule has 1 aliphatic carbocycles. The van der Waals surface area contributed by atoms with Gasteiger partial charge in [-0.2, -0.15) is 0 Å². The van der Waals surface area contributed by atoms with Gasteiger partial charge in [-0.3, -0.25) is 10.1 Å². The first-order valence-corrected chi connectivity index (χ1v) is 7.81. The molecule has 0 unspecified atom stereocenters. The Kier molecular flexibility index (Phi) is 5.04. The van der Waals surface area contributed by atoms with Gasteiger partial charge in [0.15, 0.2) is 0 Å². The van der Waals surface area contributed by atoms with Crippen LogP contribution in [0.15, 0.2) is 18.2 Å². The second-order valence-corrected chi connectivity index (χ2v) is 6.26. The molecule has 1 aliphatic rings. The third kappa shape index (κ3) is 3.86. The molecule has 5 heteroatoms. The van der Waals surface area contributed by atoms with Crippen molar-refractivity contribution >= 4 is 17.1 Å². The first kappa shape index (κ1) is 15.6. The number of para-hydroxylation sites is 1. The van der Waals surface area contributed by atoms with Crippen LogP contribution in [0.3, 0.4) is 0 Å². The molecule has 2 rings (SSSR count). The van der Waals surface area contributed by atoms with E-state index in [2.05, 4.69) is 17.6 Å². The van der Waals surface area contributed by atoms with Crippen molar-refractivity contribution < 1.29 is 4.92 Å². The Morgan fingerprint density at radius 2 is 1.86 bits per heavy atom. The standard InChI is InChI=1S/C16H25N3O2/c1-3-11-17-13-7-6-8-14(15(13)19(20)21)18-12-16(2)9-4-5-10-16/h6-8,17-18H,3-5,9-12H2,1-2H3. The van der Waals surface area contributed by atoms with Crippen LogP contribution in [0.5, 0.6) is 0 Å². The van der Waals surface area contributed by atoms with Crippen molar-refractivity contribution in [3.8, 4) is 0 Å². The van der Waals surface area contributed by atoms with Gasteiger partial charge in [0.1, 0.15) is 11.4 Å². The smallest absolute Gasteiger partial charge is 0.315 e. The molecule has 0 saturated heterocycles.